The molecule has 0 radical (unpaired) electrons. The van der Waals surface area contributed by atoms with Crippen LogP contribution >= 0.6 is 0 Å². The smallest absolute Gasteiger partial charge is 0.268 e. The van der Waals surface area contributed by atoms with Crippen molar-refractivity contribution in [2.45, 2.75) is 18.7 Å². The van der Waals surface area contributed by atoms with Crippen molar-refractivity contribution in [1.29, 1.82) is 0 Å². The third-order valence-corrected chi connectivity index (χ3v) is 5.36. The number of ether oxygens (including phenoxy) is 1. The van der Waals surface area contributed by atoms with Crippen molar-refractivity contribution >= 4 is 20.9 Å². The lowest BCUT2D eigenvalue weighted by Gasteiger charge is -2.10. The Morgan fingerprint density at radius 2 is 1.77 bits per heavy atom. The molecule has 22 heavy (non-hydrogen) atoms. The monoisotopic (exact) mass is 315 g/mol. The minimum absolute atomic E-state index is 0.277. The van der Waals surface area contributed by atoms with Crippen LogP contribution in [0.5, 0.6) is 5.75 Å². The number of hydrogen-bond donors (Lipinski definition) is 0. The Bertz CT molecular complexity index is 912. The highest BCUT2D eigenvalue weighted by atomic mass is 32.2. The van der Waals surface area contributed by atoms with Crippen LogP contribution < -0.4 is 4.74 Å². The molecule has 3 aromatic rings. The first-order chi connectivity index (χ1) is 10.6. The van der Waals surface area contributed by atoms with Gasteiger partial charge in [0, 0.05) is 17.1 Å². The van der Waals surface area contributed by atoms with Crippen molar-refractivity contribution in [1.82, 2.24) is 3.97 Å². The molecule has 0 spiro atoms. The molecular weight excluding hydrogens is 298 g/mol. The Labute approximate surface area is 130 Å². The summed E-state index contributed by atoms with van der Waals surface area (Å²) in [5.41, 5.74) is 1.60. The second-order valence-electron chi connectivity index (χ2n) is 4.98. The van der Waals surface area contributed by atoms with Gasteiger partial charge in [0.25, 0.3) is 10.0 Å². The molecule has 0 N–H and O–H groups in total. The van der Waals surface area contributed by atoms with E-state index >= 15 is 0 Å². The van der Waals surface area contributed by atoms with Gasteiger partial charge in [-0.15, -0.1) is 0 Å². The minimum Gasteiger partial charge on any atom is -0.494 e. The van der Waals surface area contributed by atoms with Gasteiger partial charge in [0.05, 0.1) is 17.0 Å². The molecule has 0 saturated carbocycles. The average molecular weight is 315 g/mol. The van der Waals surface area contributed by atoms with Gasteiger partial charge in [-0.05, 0) is 44.2 Å². The largest absolute Gasteiger partial charge is 0.494 e. The number of fused-ring (bicyclic) bond motifs is 1. The summed E-state index contributed by atoms with van der Waals surface area (Å²) in [6, 6.07) is 13.9. The van der Waals surface area contributed by atoms with Crippen LogP contribution in [-0.4, -0.2) is 19.0 Å². The molecule has 2 aromatic carbocycles. The lowest BCUT2D eigenvalue weighted by molar-refractivity contribution is 0.338. The van der Waals surface area contributed by atoms with E-state index < -0.39 is 10.0 Å². The fourth-order valence-corrected chi connectivity index (χ4v) is 3.91. The SMILES string of the molecule is CCOc1ccc2c(ccn2S(=O)(=O)c2ccccc2)c1C. The highest BCUT2D eigenvalue weighted by Gasteiger charge is 2.19. The zero-order chi connectivity index (χ0) is 15.7. The second kappa shape index (κ2) is 5.50. The highest BCUT2D eigenvalue weighted by molar-refractivity contribution is 7.90. The summed E-state index contributed by atoms with van der Waals surface area (Å²) in [6.45, 7) is 4.44. The van der Waals surface area contributed by atoms with Gasteiger partial charge in [-0.1, -0.05) is 18.2 Å². The molecule has 0 atom stereocenters. The second-order valence-corrected chi connectivity index (χ2v) is 6.80. The molecule has 0 aliphatic heterocycles. The van der Waals surface area contributed by atoms with Crippen molar-refractivity contribution in [3.8, 4) is 5.75 Å². The van der Waals surface area contributed by atoms with Crippen molar-refractivity contribution in [3.63, 3.8) is 0 Å². The van der Waals surface area contributed by atoms with Crippen LogP contribution in [0.25, 0.3) is 10.9 Å². The number of aryl methyl sites for hydroxylation is 1. The lowest BCUT2D eigenvalue weighted by Crippen LogP contribution is -2.11. The fraction of sp³-hybridized carbons (Fsp3) is 0.176. The van der Waals surface area contributed by atoms with Crippen molar-refractivity contribution < 1.29 is 13.2 Å². The van der Waals surface area contributed by atoms with E-state index in [9.17, 15) is 8.42 Å². The average Bonchev–Trinajstić information content (AvgIpc) is 2.97. The first kappa shape index (κ1) is 14.7. The van der Waals surface area contributed by atoms with Crippen LogP contribution in [0.4, 0.5) is 0 Å². The third kappa shape index (κ3) is 2.27. The van der Waals surface area contributed by atoms with Gasteiger partial charge in [-0.2, -0.15) is 0 Å². The number of hydrogen-bond acceptors (Lipinski definition) is 3. The molecular formula is C17H17NO3S. The normalized spacial score (nSPS) is 11.7. The van der Waals surface area contributed by atoms with E-state index in [0.717, 1.165) is 16.7 Å². The molecule has 0 amide bonds. The van der Waals surface area contributed by atoms with Gasteiger partial charge < -0.3 is 4.74 Å². The molecule has 3 rings (SSSR count). The van der Waals surface area contributed by atoms with Crippen molar-refractivity contribution in [2.75, 3.05) is 6.61 Å². The molecule has 1 aromatic heterocycles. The number of nitrogens with zero attached hydrogens (tertiary/aromatic N) is 1. The Hall–Kier alpha value is -2.27. The molecule has 0 aliphatic carbocycles. The summed E-state index contributed by atoms with van der Waals surface area (Å²) in [5.74, 6) is 0.782. The minimum atomic E-state index is -3.59. The van der Waals surface area contributed by atoms with E-state index in [2.05, 4.69) is 0 Å². The lowest BCUT2D eigenvalue weighted by atomic mass is 10.1. The first-order valence-electron chi connectivity index (χ1n) is 7.10. The summed E-state index contributed by atoms with van der Waals surface area (Å²) in [6.07, 6.45) is 1.59. The maximum Gasteiger partial charge on any atom is 0.268 e. The third-order valence-electron chi connectivity index (χ3n) is 3.66. The predicted molar refractivity (Wildman–Crippen MR) is 86.9 cm³/mol. The molecule has 1 heterocycles. The van der Waals surface area contributed by atoms with Crippen LogP contribution in [0.3, 0.4) is 0 Å². The van der Waals surface area contributed by atoms with Gasteiger partial charge in [0.1, 0.15) is 5.75 Å². The molecule has 0 unspecified atom stereocenters. The van der Waals surface area contributed by atoms with E-state index in [4.69, 9.17) is 4.74 Å². The maximum absolute atomic E-state index is 12.8. The first-order valence-corrected chi connectivity index (χ1v) is 8.54. The van der Waals surface area contributed by atoms with E-state index in [0.29, 0.717) is 12.1 Å². The van der Waals surface area contributed by atoms with Crippen LogP contribution in [0.1, 0.15) is 12.5 Å². The van der Waals surface area contributed by atoms with Gasteiger partial charge in [-0.3, -0.25) is 0 Å². The molecule has 0 bridgehead atoms. The molecule has 0 fully saturated rings. The van der Waals surface area contributed by atoms with E-state index in [1.165, 1.54) is 3.97 Å². The zero-order valence-electron chi connectivity index (χ0n) is 12.5. The molecule has 4 nitrogen and oxygen atoms in total. The molecule has 0 aliphatic rings. The number of rotatable bonds is 4. The summed E-state index contributed by atoms with van der Waals surface area (Å²) >= 11 is 0. The summed E-state index contributed by atoms with van der Waals surface area (Å²) in [4.78, 5) is 0.277. The van der Waals surface area contributed by atoms with E-state index in [1.54, 1.807) is 42.6 Å². The van der Waals surface area contributed by atoms with Crippen LogP contribution in [0.2, 0.25) is 0 Å². The Morgan fingerprint density at radius 3 is 2.45 bits per heavy atom. The standard InChI is InChI=1S/C17H17NO3S/c1-3-21-17-10-9-16-15(13(17)2)11-12-18(16)22(19,20)14-7-5-4-6-8-14/h4-12H,3H2,1-2H3. The van der Waals surface area contributed by atoms with Crippen LogP contribution in [0, 0.1) is 6.92 Å². The van der Waals surface area contributed by atoms with Crippen molar-refractivity contribution in [3.05, 3.63) is 60.3 Å². The number of benzene rings is 2. The Balaban J connectivity index is 2.19. The Morgan fingerprint density at radius 1 is 1.05 bits per heavy atom. The quantitative estimate of drug-likeness (QED) is 0.739. The van der Waals surface area contributed by atoms with E-state index in [1.807, 2.05) is 26.0 Å². The van der Waals surface area contributed by atoms with Crippen LogP contribution in [-0.2, 0) is 10.0 Å². The maximum atomic E-state index is 12.8. The molecule has 114 valence electrons. The summed E-state index contributed by atoms with van der Waals surface area (Å²) in [7, 11) is -3.59. The van der Waals surface area contributed by atoms with Crippen molar-refractivity contribution in [2.24, 2.45) is 0 Å². The van der Waals surface area contributed by atoms with Gasteiger partial charge in [-0.25, -0.2) is 12.4 Å². The number of aromatic nitrogens is 1. The molecule has 0 saturated heterocycles. The van der Waals surface area contributed by atoms with E-state index in [-0.39, 0.29) is 4.90 Å². The topological polar surface area (TPSA) is 48.3 Å². The highest BCUT2D eigenvalue weighted by Crippen LogP contribution is 2.30. The zero-order valence-corrected chi connectivity index (χ0v) is 13.3. The molecule has 5 heteroatoms. The summed E-state index contributed by atoms with van der Waals surface area (Å²) in [5, 5.41) is 0.880. The van der Waals surface area contributed by atoms with Gasteiger partial charge in [0.2, 0.25) is 0 Å². The Kier molecular flexibility index (Phi) is 3.66. The van der Waals surface area contributed by atoms with Gasteiger partial charge >= 0.3 is 0 Å². The predicted octanol–water partition coefficient (Wildman–Crippen LogP) is 3.59. The van der Waals surface area contributed by atoms with Crippen LogP contribution in [0.15, 0.2) is 59.6 Å². The summed E-state index contributed by atoms with van der Waals surface area (Å²) < 4.78 is 32.4. The van der Waals surface area contributed by atoms with Gasteiger partial charge in [0.15, 0.2) is 0 Å². The fourth-order valence-electron chi connectivity index (χ4n) is 2.55.